The maximum absolute atomic E-state index is 5.29. The molecule has 0 saturated carbocycles. The highest BCUT2D eigenvalue weighted by atomic mass is 16.5. The lowest BCUT2D eigenvalue weighted by Crippen LogP contribution is -1.95. The number of H-pyrrole nitrogens is 2. The molecule has 156 valence electrons. The Balaban J connectivity index is 1.49. The van der Waals surface area contributed by atoms with Crippen molar-refractivity contribution in [1.29, 1.82) is 0 Å². The van der Waals surface area contributed by atoms with Gasteiger partial charge in [0.2, 0.25) is 0 Å². The van der Waals surface area contributed by atoms with Gasteiger partial charge in [-0.1, -0.05) is 0 Å². The fourth-order valence-electron chi connectivity index (χ4n) is 3.65. The lowest BCUT2D eigenvalue weighted by atomic mass is 10.1. The lowest BCUT2D eigenvalue weighted by Gasteiger charge is -2.03. The number of aromatic amines is 2. The van der Waals surface area contributed by atoms with E-state index in [9.17, 15) is 0 Å². The summed E-state index contributed by atoms with van der Waals surface area (Å²) >= 11 is 0. The summed E-state index contributed by atoms with van der Waals surface area (Å²) in [5.41, 5.74) is 6.23. The molecule has 0 aliphatic heterocycles. The number of nitrogens with zero attached hydrogens (tertiary/aromatic N) is 7. The topological polar surface area (TPSA) is 123 Å². The second-order valence-electron chi connectivity index (χ2n) is 7.32. The van der Waals surface area contributed by atoms with Crippen LogP contribution in [0.4, 0.5) is 0 Å². The van der Waals surface area contributed by atoms with Crippen LogP contribution >= 0.6 is 0 Å². The summed E-state index contributed by atoms with van der Waals surface area (Å²) in [5.74, 6) is 1.97. The molecule has 6 heterocycles. The van der Waals surface area contributed by atoms with Crippen LogP contribution in [-0.2, 0) is 0 Å². The van der Waals surface area contributed by atoms with E-state index < -0.39 is 0 Å². The highest BCUT2D eigenvalue weighted by Crippen LogP contribution is 2.29. The molecule has 6 aromatic heterocycles. The Labute approximate surface area is 181 Å². The lowest BCUT2D eigenvalue weighted by molar-refractivity contribution is 0.413. The fraction of sp³-hybridized carbons (Fsp3) is 0.0909. The van der Waals surface area contributed by atoms with E-state index in [2.05, 4.69) is 30.1 Å². The average molecular weight is 423 g/mol. The van der Waals surface area contributed by atoms with Gasteiger partial charge in [0.1, 0.15) is 23.1 Å². The van der Waals surface area contributed by atoms with Crippen molar-refractivity contribution in [1.82, 2.24) is 44.7 Å². The molecule has 0 aromatic carbocycles. The minimum Gasteiger partial charge on any atom is -0.495 e. The number of rotatable bonds is 4. The van der Waals surface area contributed by atoms with Crippen molar-refractivity contribution < 1.29 is 4.74 Å². The van der Waals surface area contributed by atoms with Crippen molar-refractivity contribution in [3.8, 4) is 34.3 Å². The van der Waals surface area contributed by atoms with Gasteiger partial charge in [0.05, 0.1) is 35.7 Å². The number of aryl methyl sites for hydroxylation is 1. The number of pyridine rings is 3. The molecule has 0 aliphatic carbocycles. The number of imidazole rings is 2. The largest absolute Gasteiger partial charge is 0.495 e. The van der Waals surface area contributed by atoms with E-state index in [4.69, 9.17) is 14.7 Å². The first-order valence-corrected chi connectivity index (χ1v) is 9.90. The number of hydrogen-bond acceptors (Lipinski definition) is 7. The standard InChI is InChI=1S/C22H17N9O/c1-12-10-31(11-25-12)22-19-16(5-6-24-22)27-21(28-19)20-18-17(29-30-20)4-3-15(26-18)13-7-14(32-2)9-23-8-13/h3-11H,1-2H3,(H,27,28)(H,29,30). The zero-order valence-corrected chi connectivity index (χ0v) is 17.2. The predicted molar refractivity (Wildman–Crippen MR) is 118 cm³/mol. The van der Waals surface area contributed by atoms with Crippen LogP contribution in [0.3, 0.4) is 0 Å². The molecule has 0 bridgehead atoms. The van der Waals surface area contributed by atoms with Crippen molar-refractivity contribution in [3.05, 3.63) is 61.1 Å². The van der Waals surface area contributed by atoms with Gasteiger partial charge in [-0.3, -0.25) is 14.6 Å². The van der Waals surface area contributed by atoms with Crippen LogP contribution in [-0.4, -0.2) is 51.8 Å². The third kappa shape index (κ3) is 2.88. The van der Waals surface area contributed by atoms with Gasteiger partial charge in [-0.15, -0.1) is 0 Å². The predicted octanol–water partition coefficient (Wildman–Crippen LogP) is 3.46. The van der Waals surface area contributed by atoms with E-state index >= 15 is 0 Å². The number of hydrogen-bond donors (Lipinski definition) is 2. The molecule has 0 atom stereocenters. The third-order valence-electron chi connectivity index (χ3n) is 5.21. The van der Waals surface area contributed by atoms with E-state index in [1.165, 1.54) is 0 Å². The Morgan fingerprint density at radius 3 is 2.78 bits per heavy atom. The molecule has 6 rings (SSSR count). The van der Waals surface area contributed by atoms with E-state index in [0.717, 1.165) is 33.5 Å². The van der Waals surface area contributed by atoms with Gasteiger partial charge in [0.25, 0.3) is 0 Å². The number of nitrogens with one attached hydrogen (secondary N) is 2. The van der Waals surface area contributed by atoms with Gasteiger partial charge < -0.3 is 9.72 Å². The molecule has 0 aliphatic rings. The van der Waals surface area contributed by atoms with E-state index in [0.29, 0.717) is 28.6 Å². The Morgan fingerprint density at radius 2 is 1.94 bits per heavy atom. The van der Waals surface area contributed by atoms with Crippen molar-refractivity contribution >= 4 is 22.1 Å². The molecular formula is C22H17N9O. The fourth-order valence-corrected chi connectivity index (χ4v) is 3.65. The van der Waals surface area contributed by atoms with Crippen molar-refractivity contribution in [2.75, 3.05) is 7.11 Å². The zero-order valence-electron chi connectivity index (χ0n) is 17.2. The van der Waals surface area contributed by atoms with Gasteiger partial charge in [-0.2, -0.15) is 5.10 Å². The maximum atomic E-state index is 5.29. The Hall–Kier alpha value is -4.60. The summed E-state index contributed by atoms with van der Waals surface area (Å²) in [5, 5.41) is 7.51. The van der Waals surface area contributed by atoms with Crippen molar-refractivity contribution in [3.63, 3.8) is 0 Å². The summed E-state index contributed by atoms with van der Waals surface area (Å²) < 4.78 is 7.15. The van der Waals surface area contributed by atoms with Crippen LogP contribution in [0, 0.1) is 6.92 Å². The molecular weight excluding hydrogens is 406 g/mol. The minimum atomic E-state index is 0.603. The Bertz CT molecular complexity index is 1590. The second kappa shape index (κ2) is 6.98. The molecule has 0 radical (unpaired) electrons. The van der Waals surface area contributed by atoms with Crippen LogP contribution in [0.2, 0.25) is 0 Å². The summed E-state index contributed by atoms with van der Waals surface area (Å²) in [4.78, 5) is 26.0. The van der Waals surface area contributed by atoms with E-state index in [-0.39, 0.29) is 0 Å². The van der Waals surface area contributed by atoms with Crippen molar-refractivity contribution in [2.24, 2.45) is 0 Å². The van der Waals surface area contributed by atoms with E-state index in [1.807, 2.05) is 42.0 Å². The summed E-state index contributed by atoms with van der Waals surface area (Å²) in [6.45, 7) is 1.93. The molecule has 0 unspecified atom stereocenters. The monoisotopic (exact) mass is 423 g/mol. The first kappa shape index (κ1) is 18.2. The molecule has 10 nitrogen and oxygen atoms in total. The van der Waals surface area contributed by atoms with Gasteiger partial charge in [0, 0.05) is 24.2 Å². The number of fused-ring (bicyclic) bond motifs is 2. The highest BCUT2D eigenvalue weighted by molar-refractivity contribution is 5.92. The highest BCUT2D eigenvalue weighted by Gasteiger charge is 2.17. The molecule has 2 N–H and O–H groups in total. The van der Waals surface area contributed by atoms with Gasteiger partial charge in [0.15, 0.2) is 17.3 Å². The molecule has 0 spiro atoms. The summed E-state index contributed by atoms with van der Waals surface area (Å²) in [6, 6.07) is 7.64. The normalized spacial score (nSPS) is 11.4. The first-order chi connectivity index (χ1) is 15.7. The van der Waals surface area contributed by atoms with Gasteiger partial charge in [-0.25, -0.2) is 19.9 Å². The van der Waals surface area contributed by atoms with Gasteiger partial charge >= 0.3 is 0 Å². The zero-order chi connectivity index (χ0) is 21.7. The quantitative estimate of drug-likeness (QED) is 0.445. The summed E-state index contributed by atoms with van der Waals surface area (Å²) in [6.07, 6.45) is 8.79. The SMILES string of the molecule is COc1cncc(-c2ccc3[nH]nc(-c4nc5c(-n6cnc(C)c6)nccc5[nH]4)c3n2)c1. The Kier molecular flexibility index (Phi) is 3.97. The third-order valence-corrected chi connectivity index (χ3v) is 5.21. The van der Waals surface area contributed by atoms with Crippen LogP contribution in [0.15, 0.2) is 55.4 Å². The van der Waals surface area contributed by atoms with E-state index in [1.54, 1.807) is 32.0 Å². The van der Waals surface area contributed by atoms with Crippen LogP contribution in [0.5, 0.6) is 5.75 Å². The summed E-state index contributed by atoms with van der Waals surface area (Å²) in [7, 11) is 1.61. The second-order valence-corrected chi connectivity index (χ2v) is 7.32. The molecule has 0 saturated heterocycles. The number of ether oxygens (including phenoxy) is 1. The molecule has 10 heteroatoms. The molecule has 32 heavy (non-hydrogen) atoms. The molecule has 0 fully saturated rings. The van der Waals surface area contributed by atoms with Gasteiger partial charge in [-0.05, 0) is 31.2 Å². The average Bonchev–Trinajstić information content (AvgIpc) is 3.55. The first-order valence-electron chi connectivity index (χ1n) is 9.90. The Morgan fingerprint density at radius 1 is 1.00 bits per heavy atom. The number of aromatic nitrogens is 9. The smallest absolute Gasteiger partial charge is 0.166 e. The van der Waals surface area contributed by atoms with Crippen LogP contribution in [0.25, 0.3) is 50.7 Å². The minimum absolute atomic E-state index is 0.603. The number of methoxy groups -OCH3 is 1. The van der Waals surface area contributed by atoms with Crippen LogP contribution in [0.1, 0.15) is 5.69 Å². The molecule has 0 amide bonds. The molecule has 6 aromatic rings. The maximum Gasteiger partial charge on any atom is 0.166 e. The van der Waals surface area contributed by atoms with Crippen LogP contribution < -0.4 is 4.74 Å². The van der Waals surface area contributed by atoms with Crippen molar-refractivity contribution in [2.45, 2.75) is 6.92 Å².